The molecule has 1 unspecified atom stereocenters. The molecule has 16 heavy (non-hydrogen) atoms. The molecule has 0 spiro atoms. The van der Waals surface area contributed by atoms with E-state index < -0.39 is 11.6 Å². The summed E-state index contributed by atoms with van der Waals surface area (Å²) in [6.07, 6.45) is 3.48. The van der Waals surface area contributed by atoms with E-state index >= 15 is 0 Å². The highest BCUT2D eigenvalue weighted by Crippen LogP contribution is 2.29. The third-order valence-corrected chi connectivity index (χ3v) is 3.47. The van der Waals surface area contributed by atoms with Crippen LogP contribution < -0.4 is 10.6 Å². The van der Waals surface area contributed by atoms with Crippen LogP contribution >= 0.6 is 0 Å². The zero-order valence-electron chi connectivity index (χ0n) is 9.50. The zero-order valence-corrected chi connectivity index (χ0v) is 9.50. The van der Waals surface area contributed by atoms with Gasteiger partial charge < -0.3 is 20.5 Å². The zero-order chi connectivity index (χ0) is 11.4. The maximum absolute atomic E-state index is 11.9. The number of hydrogen-bond donors (Lipinski definition) is 3. The van der Waals surface area contributed by atoms with Crippen molar-refractivity contribution in [2.24, 2.45) is 0 Å². The molecule has 5 heteroatoms. The molecule has 2 fully saturated rings. The van der Waals surface area contributed by atoms with Crippen molar-refractivity contribution >= 4 is 5.91 Å². The predicted molar refractivity (Wildman–Crippen MR) is 59.0 cm³/mol. The number of carbonyl (C=O) groups is 1. The van der Waals surface area contributed by atoms with Crippen molar-refractivity contribution in [1.82, 2.24) is 10.6 Å². The summed E-state index contributed by atoms with van der Waals surface area (Å²) in [5.74, 6) is -0.0943. The molecular formula is C11H20N2O3. The van der Waals surface area contributed by atoms with Gasteiger partial charge in [0.15, 0.2) is 0 Å². The summed E-state index contributed by atoms with van der Waals surface area (Å²) in [5.41, 5.74) is -0.391. The van der Waals surface area contributed by atoms with Crippen molar-refractivity contribution in [1.29, 1.82) is 0 Å². The van der Waals surface area contributed by atoms with Crippen LogP contribution in [0.3, 0.4) is 0 Å². The first-order chi connectivity index (χ1) is 7.76. The molecule has 1 heterocycles. The summed E-state index contributed by atoms with van der Waals surface area (Å²) in [4.78, 5) is 11.9. The van der Waals surface area contributed by atoms with E-state index in [-0.39, 0.29) is 12.5 Å². The highest BCUT2D eigenvalue weighted by Gasteiger charge is 2.36. The number of rotatable bonds is 3. The van der Waals surface area contributed by atoms with Gasteiger partial charge in [-0.05, 0) is 12.8 Å². The van der Waals surface area contributed by atoms with Gasteiger partial charge in [0.1, 0.15) is 6.10 Å². The lowest BCUT2D eigenvalue weighted by molar-refractivity contribution is -0.136. The summed E-state index contributed by atoms with van der Waals surface area (Å²) in [6.45, 7) is 1.96. The van der Waals surface area contributed by atoms with Crippen LogP contribution in [0.2, 0.25) is 0 Å². The van der Waals surface area contributed by atoms with E-state index in [0.717, 1.165) is 32.2 Å². The molecule has 0 radical (unpaired) electrons. The summed E-state index contributed by atoms with van der Waals surface area (Å²) in [7, 11) is 0. The van der Waals surface area contributed by atoms with Crippen molar-refractivity contribution in [2.75, 3.05) is 26.3 Å². The van der Waals surface area contributed by atoms with Crippen LogP contribution in [-0.2, 0) is 9.53 Å². The Morgan fingerprint density at radius 1 is 1.50 bits per heavy atom. The van der Waals surface area contributed by atoms with Gasteiger partial charge in [-0.2, -0.15) is 0 Å². The fraction of sp³-hybridized carbons (Fsp3) is 0.909. The van der Waals surface area contributed by atoms with E-state index in [1.54, 1.807) is 0 Å². The van der Waals surface area contributed by atoms with Crippen LogP contribution in [-0.4, -0.2) is 49.0 Å². The van der Waals surface area contributed by atoms with Gasteiger partial charge in [-0.3, -0.25) is 4.79 Å². The Morgan fingerprint density at radius 2 is 2.25 bits per heavy atom. The number of ether oxygens (including phenoxy) is 1. The van der Waals surface area contributed by atoms with Gasteiger partial charge >= 0.3 is 0 Å². The first-order valence-corrected chi connectivity index (χ1v) is 6.01. The second-order valence-corrected chi connectivity index (χ2v) is 4.70. The lowest BCUT2D eigenvalue weighted by Gasteiger charge is -2.31. The number of carbonyl (C=O) groups excluding carboxylic acids is 1. The Morgan fingerprint density at radius 3 is 2.81 bits per heavy atom. The second kappa shape index (κ2) is 5.12. The topological polar surface area (TPSA) is 70.6 Å². The van der Waals surface area contributed by atoms with Crippen molar-refractivity contribution in [3.63, 3.8) is 0 Å². The van der Waals surface area contributed by atoms with Gasteiger partial charge in [0, 0.05) is 13.1 Å². The molecule has 1 amide bonds. The largest absolute Gasteiger partial charge is 0.394 e. The Hall–Kier alpha value is -0.650. The fourth-order valence-electron chi connectivity index (χ4n) is 2.45. The monoisotopic (exact) mass is 228 g/mol. The number of hydrogen-bond acceptors (Lipinski definition) is 4. The smallest absolute Gasteiger partial charge is 0.250 e. The van der Waals surface area contributed by atoms with Crippen LogP contribution in [0, 0.1) is 0 Å². The van der Waals surface area contributed by atoms with Crippen molar-refractivity contribution in [3.05, 3.63) is 0 Å². The van der Waals surface area contributed by atoms with E-state index in [4.69, 9.17) is 4.74 Å². The Labute approximate surface area is 95.5 Å². The Kier molecular flexibility index (Phi) is 3.78. The first-order valence-electron chi connectivity index (χ1n) is 6.01. The van der Waals surface area contributed by atoms with Gasteiger partial charge in [-0.15, -0.1) is 0 Å². The minimum absolute atomic E-state index is 0.0267. The number of nitrogens with one attached hydrogen (secondary N) is 2. The van der Waals surface area contributed by atoms with Gasteiger partial charge in [0.25, 0.3) is 5.91 Å². The van der Waals surface area contributed by atoms with Gasteiger partial charge in [0.2, 0.25) is 0 Å². The number of aliphatic hydroxyl groups is 1. The number of aliphatic hydroxyl groups excluding tert-OH is 1. The predicted octanol–water partition coefficient (Wildman–Crippen LogP) is -0.604. The van der Waals surface area contributed by atoms with Crippen LogP contribution in [0.4, 0.5) is 0 Å². The lowest BCUT2D eigenvalue weighted by atomic mass is 9.98. The van der Waals surface area contributed by atoms with E-state index in [1.807, 2.05) is 0 Å². The molecule has 0 aromatic rings. The standard InChI is InChI=1S/C11H20N2O3/c14-8-11(3-1-2-4-11)13-10(15)9-7-12-5-6-16-9/h9,12,14H,1-8H2,(H,13,15). The van der Waals surface area contributed by atoms with E-state index in [1.165, 1.54) is 0 Å². The molecule has 92 valence electrons. The van der Waals surface area contributed by atoms with E-state index in [0.29, 0.717) is 13.2 Å². The molecular weight excluding hydrogens is 208 g/mol. The van der Waals surface area contributed by atoms with Gasteiger partial charge in [0.05, 0.1) is 18.8 Å². The second-order valence-electron chi connectivity index (χ2n) is 4.70. The lowest BCUT2D eigenvalue weighted by Crippen LogP contribution is -2.56. The fourth-order valence-corrected chi connectivity index (χ4v) is 2.45. The summed E-state index contributed by atoms with van der Waals surface area (Å²) in [5, 5.41) is 15.5. The first kappa shape index (κ1) is 11.8. The number of morpholine rings is 1. The average molecular weight is 228 g/mol. The SMILES string of the molecule is O=C(NC1(CO)CCCC1)C1CNCCO1. The quantitative estimate of drug-likeness (QED) is 0.603. The molecule has 0 aromatic heterocycles. The average Bonchev–Trinajstić information content (AvgIpc) is 2.79. The minimum Gasteiger partial charge on any atom is -0.394 e. The van der Waals surface area contributed by atoms with Crippen molar-refractivity contribution in [3.8, 4) is 0 Å². The molecule has 1 saturated heterocycles. The van der Waals surface area contributed by atoms with Crippen molar-refractivity contribution in [2.45, 2.75) is 37.3 Å². The van der Waals surface area contributed by atoms with Crippen LogP contribution in [0.1, 0.15) is 25.7 Å². The van der Waals surface area contributed by atoms with Gasteiger partial charge in [-0.25, -0.2) is 0 Å². The highest BCUT2D eigenvalue weighted by molar-refractivity contribution is 5.82. The molecule has 1 atom stereocenters. The maximum Gasteiger partial charge on any atom is 0.250 e. The normalized spacial score (nSPS) is 28.9. The maximum atomic E-state index is 11.9. The molecule has 0 bridgehead atoms. The van der Waals surface area contributed by atoms with Crippen LogP contribution in [0.25, 0.3) is 0 Å². The van der Waals surface area contributed by atoms with E-state index in [9.17, 15) is 9.90 Å². The van der Waals surface area contributed by atoms with Crippen molar-refractivity contribution < 1.29 is 14.6 Å². The van der Waals surface area contributed by atoms with Gasteiger partial charge in [-0.1, -0.05) is 12.8 Å². The molecule has 1 aliphatic carbocycles. The molecule has 0 aromatic carbocycles. The Balaban J connectivity index is 1.89. The third-order valence-electron chi connectivity index (χ3n) is 3.47. The molecule has 1 saturated carbocycles. The minimum atomic E-state index is -0.405. The molecule has 2 aliphatic rings. The Bertz CT molecular complexity index is 246. The number of amides is 1. The molecule has 2 rings (SSSR count). The molecule has 1 aliphatic heterocycles. The molecule has 3 N–H and O–H groups in total. The van der Waals surface area contributed by atoms with Crippen LogP contribution in [0.5, 0.6) is 0 Å². The van der Waals surface area contributed by atoms with Crippen LogP contribution in [0.15, 0.2) is 0 Å². The third kappa shape index (κ3) is 2.53. The summed E-state index contributed by atoms with van der Waals surface area (Å²) in [6, 6.07) is 0. The summed E-state index contributed by atoms with van der Waals surface area (Å²) < 4.78 is 5.38. The molecule has 5 nitrogen and oxygen atoms in total. The van der Waals surface area contributed by atoms with E-state index in [2.05, 4.69) is 10.6 Å². The summed E-state index contributed by atoms with van der Waals surface area (Å²) >= 11 is 0. The highest BCUT2D eigenvalue weighted by atomic mass is 16.5.